The largest absolute Gasteiger partial charge is 0.293 e. The smallest absolute Gasteiger partial charge is 0.161 e. The summed E-state index contributed by atoms with van der Waals surface area (Å²) in [6.07, 6.45) is 0. The Hall–Kier alpha value is -6.32. The van der Waals surface area contributed by atoms with Gasteiger partial charge in [0.25, 0.3) is 0 Å². The van der Waals surface area contributed by atoms with Crippen LogP contribution in [0.2, 0.25) is 0 Å². The van der Waals surface area contributed by atoms with E-state index >= 15 is 0 Å². The van der Waals surface area contributed by atoms with Gasteiger partial charge in [-0.25, -0.2) is 9.97 Å². The third kappa shape index (κ3) is 4.17. The van der Waals surface area contributed by atoms with Crippen LogP contribution in [0.15, 0.2) is 164 Å². The van der Waals surface area contributed by atoms with Gasteiger partial charge in [0, 0.05) is 27.3 Å². The maximum atomic E-state index is 5.54. The first-order valence-corrected chi connectivity index (χ1v) is 17.3. The van der Waals surface area contributed by atoms with E-state index in [9.17, 15) is 0 Å². The maximum Gasteiger partial charge on any atom is 0.161 e. The lowest BCUT2D eigenvalue weighted by Crippen LogP contribution is -2.19. The Labute approximate surface area is 291 Å². The Bertz CT molecular complexity index is 2760. The number of benzene rings is 7. The molecule has 0 N–H and O–H groups in total. The summed E-state index contributed by atoms with van der Waals surface area (Å²) in [6, 6.07) is 58.7. The van der Waals surface area contributed by atoms with Gasteiger partial charge in [-0.05, 0) is 62.4 Å². The van der Waals surface area contributed by atoms with E-state index in [-0.39, 0.29) is 0 Å². The van der Waals surface area contributed by atoms with Gasteiger partial charge in [-0.1, -0.05) is 159 Å². The second kappa shape index (κ2) is 10.8. The highest BCUT2D eigenvalue weighted by Gasteiger charge is 2.43. The Balaban J connectivity index is 1.37. The summed E-state index contributed by atoms with van der Waals surface area (Å²) in [5.74, 6) is 1.64. The molecule has 1 aliphatic carbocycles. The van der Waals surface area contributed by atoms with Gasteiger partial charge in [0.05, 0.1) is 16.7 Å². The van der Waals surface area contributed by atoms with E-state index in [0.29, 0.717) is 0 Å². The molecule has 2 heterocycles. The van der Waals surface area contributed by atoms with Crippen molar-refractivity contribution in [1.82, 2.24) is 14.5 Å². The fourth-order valence-corrected chi connectivity index (χ4v) is 8.25. The Morgan fingerprint density at radius 2 is 1.04 bits per heavy atom. The van der Waals surface area contributed by atoms with Gasteiger partial charge in [0.1, 0.15) is 5.82 Å². The first-order valence-electron chi connectivity index (χ1n) is 17.3. The fourth-order valence-electron chi connectivity index (χ4n) is 8.25. The SMILES string of the molecule is CC1(C)c2nc(-c3ccccc3)nc(-n3c4ccccc4c4cc5ccccc5cc43)c2-c2ccc(-c3ccccc3)c(-c3ccccc3)c21. The third-order valence-electron chi connectivity index (χ3n) is 10.5. The van der Waals surface area contributed by atoms with Crippen LogP contribution in [0.25, 0.3) is 83.2 Å². The number of hydrogen-bond acceptors (Lipinski definition) is 2. The number of nitrogens with zero attached hydrogens (tertiary/aromatic N) is 3. The Morgan fingerprint density at radius 1 is 0.460 bits per heavy atom. The first kappa shape index (κ1) is 28.7. The monoisotopic (exact) mass is 639 g/mol. The van der Waals surface area contributed by atoms with Crippen molar-refractivity contribution in [2.45, 2.75) is 19.3 Å². The quantitative estimate of drug-likeness (QED) is 0.192. The minimum Gasteiger partial charge on any atom is -0.293 e. The van der Waals surface area contributed by atoms with Crippen LogP contribution in [0.4, 0.5) is 0 Å². The van der Waals surface area contributed by atoms with Gasteiger partial charge in [-0.2, -0.15) is 0 Å². The van der Waals surface area contributed by atoms with Crippen molar-refractivity contribution in [2.75, 3.05) is 0 Å². The van der Waals surface area contributed by atoms with Crippen molar-refractivity contribution in [3.63, 3.8) is 0 Å². The summed E-state index contributed by atoms with van der Waals surface area (Å²) in [6.45, 7) is 4.67. The molecular formula is C47H33N3. The van der Waals surface area contributed by atoms with Crippen molar-refractivity contribution < 1.29 is 0 Å². The van der Waals surface area contributed by atoms with E-state index in [2.05, 4.69) is 176 Å². The lowest BCUT2D eigenvalue weighted by Gasteiger charge is -2.26. The molecule has 2 aromatic heterocycles. The van der Waals surface area contributed by atoms with Crippen LogP contribution in [0.1, 0.15) is 25.1 Å². The van der Waals surface area contributed by atoms with Gasteiger partial charge in [-0.3, -0.25) is 4.57 Å². The number of aromatic nitrogens is 3. The van der Waals surface area contributed by atoms with Crippen LogP contribution in [0.5, 0.6) is 0 Å². The van der Waals surface area contributed by atoms with E-state index < -0.39 is 5.41 Å². The molecule has 0 amide bonds. The minimum atomic E-state index is -0.423. The molecule has 3 nitrogen and oxygen atoms in total. The van der Waals surface area contributed by atoms with Crippen LogP contribution in [0, 0.1) is 0 Å². The van der Waals surface area contributed by atoms with Gasteiger partial charge >= 0.3 is 0 Å². The van der Waals surface area contributed by atoms with Crippen molar-refractivity contribution in [2.24, 2.45) is 0 Å². The highest BCUT2D eigenvalue weighted by atomic mass is 15.1. The zero-order chi connectivity index (χ0) is 33.4. The van der Waals surface area contributed by atoms with E-state index in [4.69, 9.17) is 9.97 Å². The summed E-state index contributed by atoms with van der Waals surface area (Å²) >= 11 is 0. The standard InChI is InChI=1S/C47H33N3/c1-47(2)43-37(27-26-35(30-16-6-3-7-17-30)41(43)31-18-8-4-9-19-31)42-44(47)48-45(32-20-10-5-11-21-32)49-46(42)50-39-25-15-14-24-36(39)38-28-33-22-12-13-23-34(33)29-40(38)50/h3-29H,1-2H3. The molecule has 3 heteroatoms. The van der Waals surface area contributed by atoms with E-state index in [1.54, 1.807) is 0 Å². The summed E-state index contributed by atoms with van der Waals surface area (Å²) in [5.41, 5.74) is 12.3. The second-order valence-corrected chi connectivity index (χ2v) is 13.8. The molecule has 50 heavy (non-hydrogen) atoms. The van der Waals surface area contributed by atoms with Gasteiger partial charge in [0.15, 0.2) is 5.82 Å². The van der Waals surface area contributed by atoms with Crippen molar-refractivity contribution in [3.05, 3.63) is 175 Å². The summed E-state index contributed by atoms with van der Waals surface area (Å²) in [5, 5.41) is 4.87. The predicted octanol–water partition coefficient (Wildman–Crippen LogP) is 12.0. The molecule has 0 fully saturated rings. The van der Waals surface area contributed by atoms with Crippen LogP contribution >= 0.6 is 0 Å². The molecule has 7 aromatic carbocycles. The van der Waals surface area contributed by atoms with Crippen molar-refractivity contribution >= 4 is 32.6 Å². The Morgan fingerprint density at radius 3 is 1.76 bits per heavy atom. The normalized spacial score (nSPS) is 13.2. The van der Waals surface area contributed by atoms with Crippen LogP contribution in [-0.4, -0.2) is 14.5 Å². The maximum absolute atomic E-state index is 5.54. The molecule has 0 bridgehead atoms. The molecule has 9 aromatic rings. The van der Waals surface area contributed by atoms with Gasteiger partial charge in [-0.15, -0.1) is 0 Å². The minimum absolute atomic E-state index is 0.423. The van der Waals surface area contributed by atoms with Crippen LogP contribution in [0.3, 0.4) is 0 Å². The molecule has 0 saturated heterocycles. The number of hydrogen-bond donors (Lipinski definition) is 0. The molecule has 236 valence electrons. The molecule has 0 aliphatic heterocycles. The highest BCUT2D eigenvalue weighted by Crippen LogP contribution is 2.56. The fraction of sp³-hybridized carbons (Fsp3) is 0.0638. The van der Waals surface area contributed by atoms with Gasteiger partial charge < -0.3 is 0 Å². The van der Waals surface area contributed by atoms with Crippen molar-refractivity contribution in [3.8, 4) is 50.6 Å². The average Bonchev–Trinajstić information content (AvgIpc) is 3.62. The zero-order valence-corrected chi connectivity index (χ0v) is 27.9. The average molecular weight is 640 g/mol. The lowest BCUT2D eigenvalue weighted by atomic mass is 9.78. The Kier molecular flexibility index (Phi) is 6.22. The molecule has 10 rings (SSSR count). The van der Waals surface area contributed by atoms with Crippen LogP contribution < -0.4 is 0 Å². The summed E-state index contributed by atoms with van der Waals surface area (Å²) in [7, 11) is 0. The molecule has 0 radical (unpaired) electrons. The lowest BCUT2D eigenvalue weighted by molar-refractivity contribution is 0.637. The highest BCUT2D eigenvalue weighted by molar-refractivity contribution is 6.14. The van der Waals surface area contributed by atoms with Crippen LogP contribution in [-0.2, 0) is 5.41 Å². The second-order valence-electron chi connectivity index (χ2n) is 13.8. The van der Waals surface area contributed by atoms with Gasteiger partial charge in [0.2, 0.25) is 0 Å². The molecule has 0 unspecified atom stereocenters. The number of para-hydroxylation sites is 1. The van der Waals surface area contributed by atoms with E-state index in [1.807, 2.05) is 6.07 Å². The van der Waals surface area contributed by atoms with E-state index in [1.165, 1.54) is 54.9 Å². The summed E-state index contributed by atoms with van der Waals surface area (Å²) in [4.78, 5) is 11.0. The van der Waals surface area contributed by atoms with Crippen molar-refractivity contribution in [1.29, 1.82) is 0 Å². The molecule has 0 spiro atoms. The predicted molar refractivity (Wildman–Crippen MR) is 208 cm³/mol. The van der Waals surface area contributed by atoms with E-state index in [0.717, 1.165) is 39.5 Å². The molecule has 0 saturated carbocycles. The number of fused-ring (bicyclic) bond motifs is 7. The third-order valence-corrected chi connectivity index (χ3v) is 10.5. The first-order chi connectivity index (χ1) is 24.6. The molecular weight excluding hydrogens is 607 g/mol. The molecule has 0 atom stereocenters. The zero-order valence-electron chi connectivity index (χ0n) is 27.9. The number of rotatable bonds is 4. The summed E-state index contributed by atoms with van der Waals surface area (Å²) < 4.78 is 2.39. The molecule has 1 aliphatic rings. The topological polar surface area (TPSA) is 30.7 Å².